The molecule has 0 unspecified atom stereocenters. The van der Waals surface area contributed by atoms with E-state index in [9.17, 15) is 0 Å². The number of pyridine rings is 1. The van der Waals surface area contributed by atoms with Crippen LogP contribution in [0.15, 0.2) is 164 Å². The third kappa shape index (κ3) is 6.28. The van der Waals surface area contributed by atoms with Gasteiger partial charge in [0.15, 0.2) is 11.6 Å². The minimum absolute atomic E-state index is 0. The molecular formula is C42H27IrN4-. The Balaban J connectivity index is 0.00000351. The van der Waals surface area contributed by atoms with Gasteiger partial charge in [0.1, 0.15) is 5.82 Å². The van der Waals surface area contributed by atoms with Crippen molar-refractivity contribution in [3.63, 3.8) is 0 Å². The molecule has 8 rings (SSSR count). The second kappa shape index (κ2) is 13.4. The van der Waals surface area contributed by atoms with Crippen molar-refractivity contribution >= 4 is 10.8 Å². The Morgan fingerprint density at radius 1 is 0.404 bits per heavy atom. The summed E-state index contributed by atoms with van der Waals surface area (Å²) in [5.41, 5.74) is 8.92. The van der Waals surface area contributed by atoms with Crippen LogP contribution < -0.4 is 0 Å². The predicted molar refractivity (Wildman–Crippen MR) is 187 cm³/mol. The molecule has 0 atom stereocenters. The number of hydrogen-bond donors (Lipinski definition) is 0. The maximum Gasteiger partial charge on any atom is 0.164 e. The van der Waals surface area contributed by atoms with E-state index in [1.807, 2.05) is 79.0 Å². The van der Waals surface area contributed by atoms with Crippen LogP contribution in [0, 0.1) is 6.07 Å². The maximum absolute atomic E-state index is 5.11. The molecule has 5 heteroatoms. The van der Waals surface area contributed by atoms with Crippen molar-refractivity contribution in [2.24, 2.45) is 0 Å². The molecule has 47 heavy (non-hydrogen) atoms. The average Bonchev–Trinajstić information content (AvgIpc) is 3.15. The molecule has 0 bridgehead atoms. The Morgan fingerprint density at radius 2 is 0.915 bits per heavy atom. The van der Waals surface area contributed by atoms with Crippen molar-refractivity contribution in [1.29, 1.82) is 0 Å². The largest absolute Gasteiger partial charge is 0.304 e. The van der Waals surface area contributed by atoms with Crippen LogP contribution in [0.1, 0.15) is 0 Å². The van der Waals surface area contributed by atoms with Gasteiger partial charge < -0.3 is 4.98 Å². The Hall–Kier alpha value is -5.61. The summed E-state index contributed by atoms with van der Waals surface area (Å²) in [5.74, 6) is 1.81. The summed E-state index contributed by atoms with van der Waals surface area (Å²) >= 11 is 0. The minimum atomic E-state index is 0. The molecule has 0 fully saturated rings. The van der Waals surface area contributed by atoms with Gasteiger partial charge in [0.2, 0.25) is 0 Å². The number of benzene rings is 6. The third-order valence-corrected chi connectivity index (χ3v) is 8.06. The van der Waals surface area contributed by atoms with Crippen molar-refractivity contribution < 1.29 is 20.1 Å². The van der Waals surface area contributed by atoms with E-state index in [1.54, 1.807) is 0 Å². The molecule has 0 aliphatic carbocycles. The smallest absolute Gasteiger partial charge is 0.164 e. The van der Waals surface area contributed by atoms with Gasteiger partial charge in [-0.2, -0.15) is 0 Å². The molecule has 0 amide bonds. The molecule has 0 spiro atoms. The van der Waals surface area contributed by atoms with Crippen molar-refractivity contribution in [2.45, 2.75) is 0 Å². The van der Waals surface area contributed by atoms with E-state index in [4.69, 9.17) is 19.9 Å². The van der Waals surface area contributed by atoms with Gasteiger partial charge in [-0.15, -0.1) is 29.8 Å². The monoisotopic (exact) mass is 780 g/mol. The van der Waals surface area contributed by atoms with Crippen LogP contribution in [0.5, 0.6) is 0 Å². The molecule has 1 radical (unpaired) electrons. The van der Waals surface area contributed by atoms with Crippen LogP contribution in [-0.2, 0) is 20.1 Å². The molecule has 2 heterocycles. The quantitative estimate of drug-likeness (QED) is 0.158. The van der Waals surface area contributed by atoms with Crippen LogP contribution in [0.2, 0.25) is 0 Å². The maximum atomic E-state index is 5.11. The van der Waals surface area contributed by atoms with Crippen LogP contribution in [0.4, 0.5) is 0 Å². The molecule has 8 aromatic rings. The Bertz CT molecular complexity index is 2240. The molecule has 0 saturated heterocycles. The van der Waals surface area contributed by atoms with Gasteiger partial charge in [0.25, 0.3) is 0 Å². The van der Waals surface area contributed by atoms with Crippen molar-refractivity contribution in [3.8, 4) is 67.7 Å². The first-order chi connectivity index (χ1) is 22.8. The van der Waals surface area contributed by atoms with Gasteiger partial charge in [-0.1, -0.05) is 121 Å². The number of nitrogens with zero attached hydrogens (tertiary/aromatic N) is 4. The topological polar surface area (TPSA) is 51.6 Å². The van der Waals surface area contributed by atoms with E-state index < -0.39 is 0 Å². The van der Waals surface area contributed by atoms with E-state index in [2.05, 4.69) is 91.0 Å². The van der Waals surface area contributed by atoms with Gasteiger partial charge in [-0.05, 0) is 63.0 Å². The summed E-state index contributed by atoms with van der Waals surface area (Å²) in [6.45, 7) is 0. The molecule has 6 aromatic carbocycles. The average molecular weight is 780 g/mol. The molecule has 2 aromatic heterocycles. The molecule has 0 aliphatic rings. The fourth-order valence-corrected chi connectivity index (χ4v) is 5.78. The van der Waals surface area contributed by atoms with Gasteiger partial charge >= 0.3 is 0 Å². The summed E-state index contributed by atoms with van der Waals surface area (Å²) in [6, 6.07) is 57.2. The zero-order chi connectivity index (χ0) is 30.7. The first-order valence-corrected chi connectivity index (χ1v) is 15.2. The van der Waals surface area contributed by atoms with Crippen molar-refractivity contribution in [2.75, 3.05) is 0 Å². The number of aromatic nitrogens is 4. The Kier molecular flexibility index (Phi) is 8.57. The van der Waals surface area contributed by atoms with Crippen molar-refractivity contribution in [1.82, 2.24) is 19.9 Å². The minimum Gasteiger partial charge on any atom is -0.304 e. The molecule has 0 N–H and O–H groups in total. The van der Waals surface area contributed by atoms with Crippen LogP contribution in [0.3, 0.4) is 0 Å². The van der Waals surface area contributed by atoms with Crippen LogP contribution in [0.25, 0.3) is 78.4 Å². The molecule has 225 valence electrons. The number of hydrogen-bond acceptors (Lipinski definition) is 4. The Labute approximate surface area is 287 Å². The zero-order valence-corrected chi connectivity index (χ0v) is 27.6. The first-order valence-electron chi connectivity index (χ1n) is 15.2. The van der Waals surface area contributed by atoms with Crippen LogP contribution >= 0.6 is 0 Å². The summed E-state index contributed by atoms with van der Waals surface area (Å²) in [7, 11) is 0. The summed E-state index contributed by atoms with van der Waals surface area (Å²) in [6.07, 6.45) is 1.84. The second-order valence-electron chi connectivity index (χ2n) is 11.1. The zero-order valence-electron chi connectivity index (χ0n) is 25.2. The van der Waals surface area contributed by atoms with E-state index in [1.165, 1.54) is 0 Å². The van der Waals surface area contributed by atoms with Crippen LogP contribution in [-0.4, -0.2) is 19.9 Å². The number of fused-ring (bicyclic) bond motifs is 1. The third-order valence-electron chi connectivity index (χ3n) is 8.06. The molecule has 4 nitrogen and oxygen atoms in total. The fourth-order valence-electron chi connectivity index (χ4n) is 5.78. The summed E-state index contributed by atoms with van der Waals surface area (Å²) < 4.78 is 0. The SMILES string of the molecule is [Ir].[c-]1ccc(-c2nc(-c3ccccc3)nc(-c3cc(-c4ccccc4)cc(-c4ccccc4)c3)n2)cc1-c1nccc2ccccc12. The van der Waals surface area contributed by atoms with E-state index >= 15 is 0 Å². The van der Waals surface area contributed by atoms with Gasteiger partial charge in [-0.3, -0.25) is 0 Å². The summed E-state index contributed by atoms with van der Waals surface area (Å²) in [4.78, 5) is 19.9. The van der Waals surface area contributed by atoms with E-state index in [-0.39, 0.29) is 20.1 Å². The van der Waals surface area contributed by atoms with Gasteiger partial charge in [0.05, 0.1) is 0 Å². The Morgan fingerprint density at radius 3 is 1.55 bits per heavy atom. The van der Waals surface area contributed by atoms with Gasteiger partial charge in [0, 0.05) is 37.4 Å². The fraction of sp³-hybridized carbons (Fsp3) is 0. The molecule has 0 aliphatic heterocycles. The summed E-state index contributed by atoms with van der Waals surface area (Å²) in [5, 5.41) is 2.21. The van der Waals surface area contributed by atoms with E-state index in [0.717, 1.165) is 61.0 Å². The molecule has 0 saturated carbocycles. The van der Waals surface area contributed by atoms with E-state index in [0.29, 0.717) is 17.5 Å². The van der Waals surface area contributed by atoms with Gasteiger partial charge in [-0.25, -0.2) is 15.0 Å². The standard InChI is InChI=1S/C42H27N4.Ir/c1-4-13-29(14-5-1)35-26-36(30-15-6-2-7-16-30)28-37(27-35)42-45-40(32-18-8-3-9-19-32)44-41(46-42)34-21-12-20-33(25-34)39-38-22-11-10-17-31(38)23-24-43-39;/h1-19,21-28H;/q-1;. The van der Waals surface area contributed by atoms with Crippen molar-refractivity contribution in [3.05, 3.63) is 170 Å². The predicted octanol–water partition coefficient (Wildman–Crippen LogP) is 10.2. The number of rotatable bonds is 6. The first kappa shape index (κ1) is 30.1. The second-order valence-corrected chi connectivity index (χ2v) is 11.1. The normalized spacial score (nSPS) is 10.8. The molecular weight excluding hydrogens is 753 g/mol.